The highest BCUT2D eigenvalue weighted by molar-refractivity contribution is 7.89. The lowest BCUT2D eigenvalue weighted by atomic mass is 10.1. The highest BCUT2D eigenvalue weighted by Crippen LogP contribution is 2.27. The van der Waals surface area contributed by atoms with E-state index in [1.54, 1.807) is 32.2 Å². The fourth-order valence-corrected chi connectivity index (χ4v) is 3.38. The highest BCUT2D eigenvalue weighted by atomic mass is 32.2. The number of fused-ring (bicyclic) bond motifs is 1. The van der Waals surface area contributed by atoms with E-state index in [9.17, 15) is 13.2 Å². The van der Waals surface area contributed by atoms with Gasteiger partial charge in [-0.15, -0.1) is 0 Å². The van der Waals surface area contributed by atoms with Crippen molar-refractivity contribution >= 4 is 26.9 Å². The Morgan fingerprint density at radius 1 is 1.19 bits per heavy atom. The van der Waals surface area contributed by atoms with Crippen LogP contribution in [0, 0.1) is 0 Å². The van der Waals surface area contributed by atoms with E-state index in [1.807, 2.05) is 18.2 Å². The van der Waals surface area contributed by atoms with Gasteiger partial charge >= 0.3 is 0 Å². The Hall–Kier alpha value is -2.68. The number of amides is 1. The molecule has 142 valence electrons. The van der Waals surface area contributed by atoms with Crippen molar-refractivity contribution in [2.75, 3.05) is 7.11 Å². The first kappa shape index (κ1) is 19.1. The SMILES string of the molecule is COCc1c(C(=O)N[C@H](C)c2ccc(S(N)(=O)=O)cc2)oc2ccccc12. The number of sulfonamides is 1. The molecule has 1 atom stereocenters. The molecule has 8 heteroatoms. The summed E-state index contributed by atoms with van der Waals surface area (Å²) in [7, 11) is -2.20. The Kier molecular flexibility index (Phi) is 5.31. The molecule has 3 rings (SSSR count). The van der Waals surface area contributed by atoms with Gasteiger partial charge in [-0.2, -0.15) is 0 Å². The number of hydrogen-bond donors (Lipinski definition) is 2. The topological polar surface area (TPSA) is 112 Å². The lowest BCUT2D eigenvalue weighted by molar-refractivity contribution is 0.0907. The van der Waals surface area contributed by atoms with Crippen LogP contribution in [-0.2, 0) is 21.4 Å². The van der Waals surface area contributed by atoms with Crippen molar-refractivity contribution < 1.29 is 22.4 Å². The summed E-state index contributed by atoms with van der Waals surface area (Å²) in [5.74, 6) is -0.174. The normalized spacial score (nSPS) is 12.9. The van der Waals surface area contributed by atoms with Gasteiger partial charge in [-0.05, 0) is 30.7 Å². The highest BCUT2D eigenvalue weighted by Gasteiger charge is 2.22. The predicted molar refractivity (Wildman–Crippen MR) is 101 cm³/mol. The monoisotopic (exact) mass is 388 g/mol. The van der Waals surface area contributed by atoms with Gasteiger partial charge in [0.05, 0.1) is 17.5 Å². The first-order valence-corrected chi connectivity index (χ1v) is 9.79. The predicted octanol–water partition coefficient (Wildman–Crippen LogP) is 2.72. The van der Waals surface area contributed by atoms with Crippen LogP contribution >= 0.6 is 0 Å². The third-order valence-corrected chi connectivity index (χ3v) is 5.18. The van der Waals surface area contributed by atoms with Gasteiger partial charge < -0.3 is 14.5 Å². The Labute approximate surface area is 157 Å². The van der Waals surface area contributed by atoms with Crippen LogP contribution in [0.15, 0.2) is 57.8 Å². The van der Waals surface area contributed by atoms with Gasteiger partial charge in [0.2, 0.25) is 10.0 Å². The maximum absolute atomic E-state index is 12.7. The van der Waals surface area contributed by atoms with Crippen LogP contribution in [0.5, 0.6) is 0 Å². The van der Waals surface area contributed by atoms with Gasteiger partial charge in [0.25, 0.3) is 5.91 Å². The third kappa shape index (κ3) is 4.02. The van der Waals surface area contributed by atoms with E-state index in [0.717, 1.165) is 10.9 Å². The molecule has 0 aliphatic carbocycles. The first-order valence-electron chi connectivity index (χ1n) is 8.24. The zero-order valence-corrected chi connectivity index (χ0v) is 15.7. The third-order valence-electron chi connectivity index (χ3n) is 4.25. The number of nitrogens with one attached hydrogen (secondary N) is 1. The molecule has 1 aromatic heterocycles. The number of carbonyl (C=O) groups excluding carboxylic acids is 1. The molecule has 0 unspecified atom stereocenters. The van der Waals surface area contributed by atoms with Crippen molar-refractivity contribution in [1.82, 2.24) is 5.32 Å². The second-order valence-corrected chi connectivity index (χ2v) is 7.71. The first-order chi connectivity index (χ1) is 12.8. The maximum Gasteiger partial charge on any atom is 0.287 e. The number of carbonyl (C=O) groups is 1. The number of methoxy groups -OCH3 is 1. The molecule has 2 aromatic carbocycles. The summed E-state index contributed by atoms with van der Waals surface area (Å²) in [6.45, 7) is 2.04. The zero-order chi connectivity index (χ0) is 19.6. The van der Waals surface area contributed by atoms with Crippen LogP contribution in [0.4, 0.5) is 0 Å². The fraction of sp³-hybridized carbons (Fsp3) is 0.211. The molecule has 3 aromatic rings. The van der Waals surface area contributed by atoms with Gasteiger partial charge in [0.1, 0.15) is 5.58 Å². The van der Waals surface area contributed by atoms with E-state index < -0.39 is 10.0 Å². The Balaban J connectivity index is 1.84. The number of furan rings is 1. The molecule has 0 saturated carbocycles. The number of rotatable bonds is 6. The Morgan fingerprint density at radius 2 is 1.85 bits per heavy atom. The lowest BCUT2D eigenvalue weighted by Crippen LogP contribution is -2.27. The summed E-state index contributed by atoms with van der Waals surface area (Å²) in [6.07, 6.45) is 0. The van der Waals surface area contributed by atoms with Gasteiger partial charge in [0, 0.05) is 18.1 Å². The molecule has 0 fully saturated rings. The van der Waals surface area contributed by atoms with Crippen molar-refractivity contribution in [2.24, 2.45) is 5.14 Å². The van der Waals surface area contributed by atoms with Gasteiger partial charge in [-0.3, -0.25) is 4.79 Å². The standard InChI is InChI=1S/C19H20N2O5S/c1-12(13-7-9-14(10-8-13)27(20,23)24)21-19(22)18-16(11-25-2)15-5-3-4-6-17(15)26-18/h3-10,12H,11H2,1-2H3,(H,21,22)(H2,20,23,24)/t12-/m1/s1. The van der Waals surface area contributed by atoms with Crippen molar-refractivity contribution in [2.45, 2.75) is 24.5 Å². The quantitative estimate of drug-likeness (QED) is 0.674. The van der Waals surface area contributed by atoms with Gasteiger partial charge in [0.15, 0.2) is 5.76 Å². The Bertz CT molecular complexity index is 1070. The van der Waals surface area contributed by atoms with Crippen LogP contribution < -0.4 is 10.5 Å². The number of hydrogen-bond acceptors (Lipinski definition) is 5. The van der Waals surface area contributed by atoms with Crippen LogP contribution in [-0.4, -0.2) is 21.4 Å². The summed E-state index contributed by atoms with van der Waals surface area (Å²) in [6, 6.07) is 13.0. The molecule has 0 spiro atoms. The molecule has 0 radical (unpaired) electrons. The largest absolute Gasteiger partial charge is 0.451 e. The van der Waals surface area contributed by atoms with E-state index in [2.05, 4.69) is 5.32 Å². The van der Waals surface area contributed by atoms with Crippen molar-refractivity contribution in [3.05, 3.63) is 65.4 Å². The van der Waals surface area contributed by atoms with Crippen molar-refractivity contribution in [1.29, 1.82) is 0 Å². The minimum atomic E-state index is -3.75. The maximum atomic E-state index is 12.7. The average Bonchev–Trinajstić information content (AvgIpc) is 3.00. The number of para-hydroxylation sites is 1. The molecule has 3 N–H and O–H groups in total. The van der Waals surface area contributed by atoms with E-state index in [0.29, 0.717) is 11.1 Å². The van der Waals surface area contributed by atoms with Crippen LogP contribution in [0.25, 0.3) is 11.0 Å². The Morgan fingerprint density at radius 3 is 2.48 bits per heavy atom. The molecule has 1 amide bonds. The molecule has 27 heavy (non-hydrogen) atoms. The molecule has 1 heterocycles. The number of benzene rings is 2. The van der Waals surface area contributed by atoms with Gasteiger partial charge in [-0.25, -0.2) is 13.6 Å². The summed E-state index contributed by atoms with van der Waals surface area (Å²) in [5, 5.41) is 8.79. The smallest absolute Gasteiger partial charge is 0.287 e. The van der Waals surface area contributed by atoms with Crippen LogP contribution in [0.1, 0.15) is 34.6 Å². The fourth-order valence-electron chi connectivity index (χ4n) is 2.86. The van der Waals surface area contributed by atoms with E-state index in [4.69, 9.17) is 14.3 Å². The molecule has 0 saturated heterocycles. The second-order valence-electron chi connectivity index (χ2n) is 6.15. The summed E-state index contributed by atoms with van der Waals surface area (Å²) in [5.41, 5.74) is 2.03. The number of primary sulfonamides is 1. The van der Waals surface area contributed by atoms with Crippen molar-refractivity contribution in [3.63, 3.8) is 0 Å². The average molecular weight is 388 g/mol. The lowest BCUT2D eigenvalue weighted by Gasteiger charge is -2.14. The molecule has 0 aliphatic rings. The van der Waals surface area contributed by atoms with E-state index in [-0.39, 0.29) is 29.2 Å². The number of ether oxygens (including phenoxy) is 1. The minimum Gasteiger partial charge on any atom is -0.451 e. The van der Waals surface area contributed by atoms with E-state index in [1.165, 1.54) is 12.1 Å². The summed E-state index contributed by atoms with van der Waals surface area (Å²) < 4.78 is 33.6. The molecule has 7 nitrogen and oxygen atoms in total. The van der Waals surface area contributed by atoms with Crippen molar-refractivity contribution in [3.8, 4) is 0 Å². The van der Waals surface area contributed by atoms with E-state index >= 15 is 0 Å². The molecular weight excluding hydrogens is 368 g/mol. The van der Waals surface area contributed by atoms with Crippen LogP contribution in [0.3, 0.4) is 0 Å². The second kappa shape index (κ2) is 7.51. The molecule has 0 bridgehead atoms. The van der Waals surface area contributed by atoms with Gasteiger partial charge in [-0.1, -0.05) is 30.3 Å². The minimum absolute atomic E-state index is 0.0180. The molecule has 0 aliphatic heterocycles. The zero-order valence-electron chi connectivity index (χ0n) is 14.9. The molecular formula is C19H20N2O5S. The summed E-state index contributed by atoms with van der Waals surface area (Å²) in [4.78, 5) is 12.8. The number of nitrogens with two attached hydrogens (primary N) is 1. The summed E-state index contributed by atoms with van der Waals surface area (Å²) >= 11 is 0. The van der Waals surface area contributed by atoms with Crippen LogP contribution in [0.2, 0.25) is 0 Å².